The van der Waals surface area contributed by atoms with Gasteiger partial charge >= 0.3 is 0 Å². The summed E-state index contributed by atoms with van der Waals surface area (Å²) in [6, 6.07) is 0. The number of carbonyl (C=O) groups excluding carboxylic acids is 2. The van der Waals surface area contributed by atoms with E-state index in [0.717, 1.165) is 19.5 Å². The number of hydrogen-bond donors (Lipinski definition) is 2. The van der Waals surface area contributed by atoms with Gasteiger partial charge in [0.15, 0.2) is 5.13 Å². The molecule has 4 heterocycles. The SMILES string of the molecule is O=C(Nc1nccs1)C1CCN(C(=O)c2nc3n(n2)CCCN3)CC1. The lowest BCUT2D eigenvalue weighted by atomic mass is 9.96. The molecule has 0 unspecified atom stereocenters. The van der Waals surface area contributed by atoms with E-state index in [-0.39, 0.29) is 23.6 Å². The number of carbonyl (C=O) groups is 2. The van der Waals surface area contributed by atoms with Gasteiger partial charge in [0, 0.05) is 43.7 Å². The molecule has 0 atom stereocenters. The number of fused-ring (bicyclic) bond motifs is 1. The monoisotopic (exact) mass is 361 g/mol. The van der Waals surface area contributed by atoms with Crippen LogP contribution in [0.5, 0.6) is 0 Å². The van der Waals surface area contributed by atoms with Crippen LogP contribution in [-0.4, -0.2) is 56.1 Å². The van der Waals surface area contributed by atoms with Crippen LogP contribution in [0.3, 0.4) is 0 Å². The molecule has 0 aliphatic carbocycles. The number of rotatable bonds is 3. The highest BCUT2D eigenvalue weighted by Crippen LogP contribution is 2.22. The van der Waals surface area contributed by atoms with Crippen LogP contribution in [0.25, 0.3) is 0 Å². The van der Waals surface area contributed by atoms with Gasteiger partial charge in [-0.1, -0.05) is 0 Å². The van der Waals surface area contributed by atoms with Gasteiger partial charge in [0.25, 0.3) is 5.91 Å². The summed E-state index contributed by atoms with van der Waals surface area (Å²) in [7, 11) is 0. The summed E-state index contributed by atoms with van der Waals surface area (Å²) in [5.74, 6) is 0.601. The molecule has 10 heteroatoms. The third-order valence-corrected chi connectivity index (χ3v) is 5.20. The lowest BCUT2D eigenvalue weighted by molar-refractivity contribution is -0.121. The van der Waals surface area contributed by atoms with Crippen molar-refractivity contribution in [2.75, 3.05) is 30.3 Å². The Balaban J connectivity index is 1.34. The smallest absolute Gasteiger partial charge is 0.293 e. The minimum Gasteiger partial charge on any atom is -0.354 e. The highest BCUT2D eigenvalue weighted by atomic mass is 32.1. The fourth-order valence-corrected chi connectivity index (χ4v) is 3.66. The Morgan fingerprint density at radius 2 is 2.12 bits per heavy atom. The van der Waals surface area contributed by atoms with Gasteiger partial charge in [-0.3, -0.25) is 9.59 Å². The largest absolute Gasteiger partial charge is 0.354 e. The maximum Gasteiger partial charge on any atom is 0.293 e. The van der Waals surface area contributed by atoms with E-state index in [0.29, 0.717) is 37.0 Å². The average molecular weight is 361 g/mol. The lowest BCUT2D eigenvalue weighted by Crippen LogP contribution is -2.41. The molecule has 2 amide bonds. The molecular formula is C15H19N7O2S. The van der Waals surface area contributed by atoms with Gasteiger partial charge in [-0.15, -0.1) is 16.4 Å². The zero-order valence-corrected chi connectivity index (χ0v) is 14.5. The van der Waals surface area contributed by atoms with Crippen molar-refractivity contribution in [1.29, 1.82) is 0 Å². The highest BCUT2D eigenvalue weighted by Gasteiger charge is 2.30. The summed E-state index contributed by atoms with van der Waals surface area (Å²) >= 11 is 1.40. The number of likely N-dealkylation sites (tertiary alicyclic amines) is 1. The van der Waals surface area contributed by atoms with Crippen LogP contribution >= 0.6 is 11.3 Å². The number of anilines is 2. The van der Waals surface area contributed by atoms with Crippen molar-refractivity contribution in [1.82, 2.24) is 24.6 Å². The molecule has 0 bridgehead atoms. The first-order valence-corrected chi connectivity index (χ1v) is 9.27. The lowest BCUT2D eigenvalue weighted by Gasteiger charge is -2.30. The molecule has 2 aromatic rings. The quantitative estimate of drug-likeness (QED) is 0.846. The Hall–Kier alpha value is -2.49. The van der Waals surface area contributed by atoms with Gasteiger partial charge in [0.2, 0.25) is 17.7 Å². The predicted octanol–water partition coefficient (Wildman–Crippen LogP) is 1.04. The van der Waals surface area contributed by atoms with Crippen molar-refractivity contribution >= 4 is 34.2 Å². The summed E-state index contributed by atoms with van der Waals surface area (Å²) in [5.41, 5.74) is 0. The third-order valence-electron chi connectivity index (χ3n) is 4.51. The second-order valence-electron chi connectivity index (χ2n) is 6.16. The number of aromatic nitrogens is 4. The number of nitrogens with zero attached hydrogens (tertiary/aromatic N) is 5. The van der Waals surface area contributed by atoms with Gasteiger partial charge in [-0.2, -0.15) is 4.98 Å². The minimum atomic E-state index is -0.164. The zero-order chi connectivity index (χ0) is 17.2. The van der Waals surface area contributed by atoms with E-state index >= 15 is 0 Å². The molecule has 9 nitrogen and oxygen atoms in total. The standard InChI is InChI=1S/C15H19N7O2S/c23-12(19-15-17-5-9-25-15)10-2-7-21(8-3-10)13(24)11-18-14-16-4-1-6-22(14)20-11/h5,9-10H,1-4,6-8H2,(H,16,18,20)(H,17,19,23). The van der Waals surface area contributed by atoms with Gasteiger partial charge in [-0.25, -0.2) is 9.67 Å². The van der Waals surface area contributed by atoms with Crippen molar-refractivity contribution in [2.45, 2.75) is 25.8 Å². The number of piperidine rings is 1. The summed E-state index contributed by atoms with van der Waals surface area (Å²) in [4.78, 5) is 34.9. The zero-order valence-electron chi connectivity index (χ0n) is 13.6. The maximum absolute atomic E-state index is 12.6. The Bertz CT molecular complexity index is 741. The van der Waals surface area contributed by atoms with Crippen molar-refractivity contribution in [3.63, 3.8) is 0 Å². The number of thiazole rings is 1. The van der Waals surface area contributed by atoms with E-state index in [1.54, 1.807) is 15.8 Å². The fraction of sp³-hybridized carbons (Fsp3) is 0.533. The molecule has 2 N–H and O–H groups in total. The van der Waals surface area contributed by atoms with Crippen LogP contribution in [0.2, 0.25) is 0 Å². The summed E-state index contributed by atoms with van der Waals surface area (Å²) in [6.07, 6.45) is 3.90. The van der Waals surface area contributed by atoms with Crippen molar-refractivity contribution in [3.05, 3.63) is 17.4 Å². The third kappa shape index (κ3) is 3.34. The first kappa shape index (κ1) is 16.0. The normalized spacial score (nSPS) is 17.7. The summed E-state index contributed by atoms with van der Waals surface area (Å²) < 4.78 is 1.74. The van der Waals surface area contributed by atoms with E-state index in [9.17, 15) is 9.59 Å². The molecule has 2 aromatic heterocycles. The maximum atomic E-state index is 12.6. The molecule has 1 saturated heterocycles. The van der Waals surface area contributed by atoms with Crippen LogP contribution in [0.4, 0.5) is 11.1 Å². The fourth-order valence-electron chi connectivity index (χ4n) is 3.13. The molecule has 4 rings (SSSR count). The second kappa shape index (κ2) is 6.79. The molecule has 1 fully saturated rings. The van der Waals surface area contributed by atoms with E-state index in [1.165, 1.54) is 11.3 Å². The number of amides is 2. The first-order chi connectivity index (χ1) is 12.2. The van der Waals surface area contributed by atoms with E-state index < -0.39 is 0 Å². The first-order valence-electron chi connectivity index (χ1n) is 8.39. The molecule has 0 aromatic carbocycles. The van der Waals surface area contributed by atoms with Gasteiger partial charge in [0.1, 0.15) is 0 Å². The van der Waals surface area contributed by atoms with E-state index in [4.69, 9.17) is 0 Å². The Morgan fingerprint density at radius 3 is 2.84 bits per heavy atom. The Labute approximate surface area is 148 Å². The Morgan fingerprint density at radius 1 is 1.28 bits per heavy atom. The van der Waals surface area contributed by atoms with Gasteiger partial charge < -0.3 is 15.5 Å². The number of hydrogen-bond acceptors (Lipinski definition) is 7. The molecule has 132 valence electrons. The molecule has 0 radical (unpaired) electrons. The van der Waals surface area contributed by atoms with Crippen LogP contribution in [0, 0.1) is 5.92 Å². The van der Waals surface area contributed by atoms with Crippen LogP contribution in [0.15, 0.2) is 11.6 Å². The van der Waals surface area contributed by atoms with Crippen LogP contribution in [-0.2, 0) is 11.3 Å². The summed E-state index contributed by atoms with van der Waals surface area (Å²) in [5, 5.41) is 12.7. The minimum absolute atomic E-state index is 0.0261. The topological polar surface area (TPSA) is 105 Å². The molecule has 0 spiro atoms. The molecule has 2 aliphatic rings. The average Bonchev–Trinajstić information content (AvgIpc) is 3.30. The van der Waals surface area contributed by atoms with Gasteiger partial charge in [-0.05, 0) is 19.3 Å². The molecule has 25 heavy (non-hydrogen) atoms. The number of aryl methyl sites for hydroxylation is 1. The highest BCUT2D eigenvalue weighted by molar-refractivity contribution is 7.13. The predicted molar refractivity (Wildman–Crippen MR) is 92.5 cm³/mol. The van der Waals surface area contributed by atoms with Crippen LogP contribution < -0.4 is 10.6 Å². The number of nitrogens with one attached hydrogen (secondary N) is 2. The molecule has 0 saturated carbocycles. The van der Waals surface area contributed by atoms with Crippen molar-refractivity contribution in [2.24, 2.45) is 5.92 Å². The van der Waals surface area contributed by atoms with E-state index in [2.05, 4.69) is 25.7 Å². The van der Waals surface area contributed by atoms with Gasteiger partial charge in [0.05, 0.1) is 0 Å². The van der Waals surface area contributed by atoms with Crippen molar-refractivity contribution < 1.29 is 9.59 Å². The Kier molecular flexibility index (Phi) is 4.35. The molecule has 2 aliphatic heterocycles. The van der Waals surface area contributed by atoms with E-state index in [1.807, 2.05) is 5.38 Å². The summed E-state index contributed by atoms with van der Waals surface area (Å²) in [6.45, 7) is 2.70. The van der Waals surface area contributed by atoms with Crippen LogP contribution in [0.1, 0.15) is 29.9 Å². The molecular weight excluding hydrogens is 342 g/mol. The van der Waals surface area contributed by atoms with Crippen molar-refractivity contribution in [3.8, 4) is 0 Å². The second-order valence-corrected chi connectivity index (χ2v) is 7.05.